The van der Waals surface area contributed by atoms with Crippen LogP contribution in [0, 0.1) is 0 Å². The lowest BCUT2D eigenvalue weighted by atomic mass is 9.91. The molecule has 0 spiro atoms. The maximum absolute atomic E-state index is 11.1. The molecular formula is C9H21N3O2S. The minimum absolute atomic E-state index is 0.0786. The topological polar surface area (TPSA) is 75.4 Å². The lowest BCUT2D eigenvalue weighted by molar-refractivity contribution is 0.251. The second-order valence-corrected chi connectivity index (χ2v) is 5.73. The van der Waals surface area contributed by atoms with E-state index in [1.165, 1.54) is 4.31 Å². The molecule has 3 N–H and O–H groups in total. The summed E-state index contributed by atoms with van der Waals surface area (Å²) in [6, 6.07) is 0.620. The van der Waals surface area contributed by atoms with E-state index < -0.39 is 10.2 Å². The molecule has 15 heavy (non-hydrogen) atoms. The van der Waals surface area contributed by atoms with Crippen LogP contribution in [-0.4, -0.2) is 38.4 Å². The number of hydrogen-bond acceptors (Lipinski definition) is 3. The van der Waals surface area contributed by atoms with Gasteiger partial charge in [-0.3, -0.25) is 0 Å². The molecule has 1 fully saturated rings. The molecule has 0 aromatic heterocycles. The van der Waals surface area contributed by atoms with E-state index >= 15 is 0 Å². The van der Waals surface area contributed by atoms with Gasteiger partial charge in [0.15, 0.2) is 0 Å². The van der Waals surface area contributed by atoms with Gasteiger partial charge in [0.05, 0.1) is 0 Å². The number of nitrogens with one attached hydrogen (secondary N) is 1. The summed E-state index contributed by atoms with van der Waals surface area (Å²) in [6.45, 7) is 3.06. The predicted molar refractivity (Wildman–Crippen MR) is 60.6 cm³/mol. The van der Waals surface area contributed by atoms with Gasteiger partial charge in [-0.15, -0.1) is 0 Å². The Morgan fingerprint density at radius 2 is 1.87 bits per heavy atom. The van der Waals surface area contributed by atoms with E-state index in [-0.39, 0.29) is 6.04 Å². The Labute approximate surface area is 92.2 Å². The molecule has 1 aliphatic rings. The molecule has 90 valence electrons. The van der Waals surface area contributed by atoms with E-state index in [4.69, 9.17) is 5.14 Å². The second-order valence-electron chi connectivity index (χ2n) is 4.12. The van der Waals surface area contributed by atoms with Gasteiger partial charge >= 0.3 is 0 Å². The summed E-state index contributed by atoms with van der Waals surface area (Å²) < 4.78 is 23.6. The Bertz CT molecular complexity index is 284. The largest absolute Gasteiger partial charge is 0.314 e. The minimum Gasteiger partial charge on any atom is -0.314 e. The lowest BCUT2D eigenvalue weighted by Gasteiger charge is -2.33. The van der Waals surface area contributed by atoms with Gasteiger partial charge in [-0.2, -0.15) is 12.7 Å². The minimum atomic E-state index is -3.52. The monoisotopic (exact) mass is 235 g/mol. The van der Waals surface area contributed by atoms with Crippen LogP contribution >= 0.6 is 0 Å². The first kappa shape index (κ1) is 12.9. The highest BCUT2D eigenvalue weighted by Crippen LogP contribution is 2.23. The quantitative estimate of drug-likeness (QED) is 0.722. The Morgan fingerprint density at radius 3 is 2.27 bits per heavy atom. The highest BCUT2D eigenvalue weighted by Gasteiger charge is 2.27. The van der Waals surface area contributed by atoms with Crippen LogP contribution in [0.1, 0.15) is 32.6 Å². The van der Waals surface area contributed by atoms with Gasteiger partial charge in [0.25, 0.3) is 10.2 Å². The van der Waals surface area contributed by atoms with Gasteiger partial charge in [0.1, 0.15) is 0 Å². The molecule has 5 nitrogen and oxygen atoms in total. The fourth-order valence-electron chi connectivity index (χ4n) is 2.14. The van der Waals surface area contributed by atoms with Crippen LogP contribution in [0.15, 0.2) is 0 Å². The molecule has 1 saturated carbocycles. The van der Waals surface area contributed by atoms with E-state index in [1.807, 2.05) is 0 Å². The van der Waals surface area contributed by atoms with Gasteiger partial charge in [-0.25, -0.2) is 5.14 Å². The third-order valence-corrected chi connectivity index (χ3v) is 4.21. The number of rotatable bonds is 4. The van der Waals surface area contributed by atoms with Crippen molar-refractivity contribution < 1.29 is 8.42 Å². The van der Waals surface area contributed by atoms with Crippen molar-refractivity contribution in [1.82, 2.24) is 9.62 Å². The number of hydrogen-bond donors (Lipinski definition) is 2. The zero-order valence-electron chi connectivity index (χ0n) is 9.44. The van der Waals surface area contributed by atoms with Crippen molar-refractivity contribution >= 4 is 10.2 Å². The van der Waals surface area contributed by atoms with Crippen molar-refractivity contribution in [1.29, 1.82) is 0 Å². The molecule has 1 aliphatic carbocycles. The van der Waals surface area contributed by atoms with Crippen LogP contribution in [-0.2, 0) is 10.2 Å². The molecule has 1 rings (SSSR count). The maximum atomic E-state index is 11.1. The normalized spacial score (nSPS) is 28.3. The summed E-state index contributed by atoms with van der Waals surface area (Å²) in [6.07, 6.45) is 3.84. The zero-order valence-corrected chi connectivity index (χ0v) is 10.3. The zero-order chi connectivity index (χ0) is 11.5. The molecule has 6 heteroatoms. The fraction of sp³-hybridized carbons (Fsp3) is 1.00. The first-order valence-corrected chi connectivity index (χ1v) is 6.94. The Kier molecular flexibility index (Phi) is 4.51. The molecule has 0 unspecified atom stereocenters. The van der Waals surface area contributed by atoms with Crippen molar-refractivity contribution in [3.8, 4) is 0 Å². The summed E-state index contributed by atoms with van der Waals surface area (Å²) in [4.78, 5) is 0. The van der Waals surface area contributed by atoms with Crippen molar-refractivity contribution in [2.75, 3.05) is 13.6 Å². The van der Waals surface area contributed by atoms with Gasteiger partial charge in [-0.05, 0) is 32.2 Å². The van der Waals surface area contributed by atoms with E-state index in [2.05, 4.69) is 12.2 Å². The summed E-state index contributed by atoms with van der Waals surface area (Å²) in [7, 11) is -1.96. The van der Waals surface area contributed by atoms with E-state index in [1.54, 1.807) is 7.05 Å². The Hall–Kier alpha value is -0.170. The van der Waals surface area contributed by atoms with E-state index in [9.17, 15) is 8.42 Å². The molecule has 0 aromatic rings. The van der Waals surface area contributed by atoms with Gasteiger partial charge < -0.3 is 5.32 Å². The van der Waals surface area contributed by atoms with Crippen molar-refractivity contribution in [3.63, 3.8) is 0 Å². The standard InChI is InChI=1S/C9H21N3O2S/c1-3-11-8-4-6-9(7-5-8)12(2)15(10,13)14/h8-9,11H,3-7H2,1-2H3,(H2,10,13,14). The second kappa shape index (κ2) is 5.25. The maximum Gasteiger partial charge on any atom is 0.276 e. The molecule has 0 saturated heterocycles. The highest BCUT2D eigenvalue weighted by atomic mass is 32.2. The predicted octanol–water partition coefficient (Wildman–Crippen LogP) is 0.0424. The molecule has 0 bridgehead atoms. The molecule has 0 amide bonds. The van der Waals surface area contributed by atoms with Crippen LogP contribution in [0.4, 0.5) is 0 Å². The summed E-state index contributed by atoms with van der Waals surface area (Å²) in [5.74, 6) is 0. The number of nitrogens with zero attached hydrogens (tertiary/aromatic N) is 1. The average Bonchev–Trinajstić information content (AvgIpc) is 2.17. The first-order chi connectivity index (χ1) is 6.95. The third kappa shape index (κ3) is 3.71. The Morgan fingerprint density at radius 1 is 1.33 bits per heavy atom. The van der Waals surface area contributed by atoms with Gasteiger partial charge in [-0.1, -0.05) is 6.92 Å². The average molecular weight is 235 g/mol. The van der Waals surface area contributed by atoms with Crippen LogP contribution in [0.3, 0.4) is 0 Å². The molecule has 0 heterocycles. The Balaban J connectivity index is 2.44. The fourth-order valence-corrected chi connectivity index (χ4v) is 2.77. The van der Waals surface area contributed by atoms with Gasteiger partial charge in [0.2, 0.25) is 0 Å². The smallest absolute Gasteiger partial charge is 0.276 e. The van der Waals surface area contributed by atoms with E-state index in [0.717, 1.165) is 32.2 Å². The van der Waals surface area contributed by atoms with Crippen molar-refractivity contribution in [2.45, 2.75) is 44.7 Å². The molecular weight excluding hydrogens is 214 g/mol. The third-order valence-electron chi connectivity index (χ3n) is 3.11. The summed E-state index contributed by atoms with van der Waals surface area (Å²) >= 11 is 0. The van der Waals surface area contributed by atoms with Crippen LogP contribution in [0.25, 0.3) is 0 Å². The highest BCUT2D eigenvalue weighted by molar-refractivity contribution is 7.86. The van der Waals surface area contributed by atoms with Crippen LogP contribution in [0.5, 0.6) is 0 Å². The summed E-state index contributed by atoms with van der Waals surface area (Å²) in [5.41, 5.74) is 0. The molecule has 0 aliphatic heterocycles. The lowest BCUT2D eigenvalue weighted by Crippen LogP contribution is -2.45. The molecule has 0 atom stereocenters. The molecule has 0 aromatic carbocycles. The molecule has 0 radical (unpaired) electrons. The van der Waals surface area contributed by atoms with Gasteiger partial charge in [0, 0.05) is 19.1 Å². The SMILES string of the molecule is CCNC1CCC(N(C)S(N)(=O)=O)CC1. The van der Waals surface area contributed by atoms with E-state index in [0.29, 0.717) is 6.04 Å². The van der Waals surface area contributed by atoms with Crippen LogP contribution in [0.2, 0.25) is 0 Å². The first-order valence-electron chi connectivity index (χ1n) is 5.44. The number of nitrogens with two attached hydrogens (primary N) is 1. The van der Waals surface area contributed by atoms with Crippen molar-refractivity contribution in [3.05, 3.63) is 0 Å². The summed E-state index contributed by atoms with van der Waals surface area (Å²) in [5, 5.41) is 8.47. The van der Waals surface area contributed by atoms with Crippen LogP contribution < -0.4 is 10.5 Å². The van der Waals surface area contributed by atoms with Crippen molar-refractivity contribution in [2.24, 2.45) is 5.14 Å².